The van der Waals surface area contributed by atoms with Gasteiger partial charge in [-0.3, -0.25) is 0 Å². The lowest BCUT2D eigenvalue weighted by Crippen LogP contribution is -2.18. The number of hydrogen-bond acceptors (Lipinski definition) is 2. The summed E-state index contributed by atoms with van der Waals surface area (Å²) in [6, 6.07) is 77.8. The Kier molecular flexibility index (Phi) is 8.87. The zero-order valence-corrected chi connectivity index (χ0v) is 35.7. The first-order valence-electron chi connectivity index (χ1n) is 21.7. The molecule has 0 bridgehead atoms. The van der Waals surface area contributed by atoms with E-state index >= 15 is 0 Å². The van der Waals surface area contributed by atoms with Gasteiger partial charge in [-0.2, -0.15) is 0 Å². The van der Waals surface area contributed by atoms with Crippen LogP contribution in [0.2, 0.25) is 0 Å². The fraction of sp³-hybridized carbons (Fsp3) is 0.100. The quantitative estimate of drug-likeness (QED) is 0.165. The van der Waals surface area contributed by atoms with Crippen molar-refractivity contribution < 1.29 is 0 Å². The van der Waals surface area contributed by atoms with Crippen molar-refractivity contribution >= 4 is 28.4 Å². The molecule has 9 aromatic carbocycles. The maximum atomic E-state index is 3.72. The maximum Gasteiger partial charge on any atom is 0.0465 e. The van der Waals surface area contributed by atoms with Gasteiger partial charge in [-0.15, -0.1) is 0 Å². The number of hydrogen-bond donors (Lipinski definition) is 1. The van der Waals surface area contributed by atoms with Gasteiger partial charge in [0.05, 0.1) is 0 Å². The zero-order valence-electron chi connectivity index (χ0n) is 35.7. The predicted octanol–water partition coefficient (Wildman–Crippen LogP) is 16.5. The normalized spacial score (nSPS) is 13.7. The van der Waals surface area contributed by atoms with E-state index in [1.165, 1.54) is 77.9 Å². The predicted molar refractivity (Wildman–Crippen MR) is 262 cm³/mol. The molecule has 0 aliphatic heterocycles. The molecule has 2 heteroatoms. The number of anilines is 5. The van der Waals surface area contributed by atoms with E-state index in [0.717, 1.165) is 28.4 Å². The van der Waals surface area contributed by atoms with Crippen LogP contribution in [-0.2, 0) is 10.8 Å². The molecule has 0 unspecified atom stereocenters. The molecule has 1 N–H and O–H groups in total. The van der Waals surface area contributed by atoms with Gasteiger partial charge >= 0.3 is 0 Å². The first-order chi connectivity index (χ1) is 30.2. The molecule has 0 fully saturated rings. The summed E-state index contributed by atoms with van der Waals surface area (Å²) in [5.74, 6) is 0. The monoisotopic (exact) mass is 796 g/mol. The van der Waals surface area contributed by atoms with Gasteiger partial charge in [0.1, 0.15) is 0 Å². The van der Waals surface area contributed by atoms with Gasteiger partial charge in [-0.05, 0) is 139 Å². The minimum absolute atomic E-state index is 0.102. The third kappa shape index (κ3) is 6.34. The molecule has 0 aromatic heterocycles. The first kappa shape index (κ1) is 37.6. The van der Waals surface area contributed by atoms with Crippen molar-refractivity contribution in [2.45, 2.75) is 38.5 Å². The lowest BCUT2D eigenvalue weighted by atomic mass is 9.82. The van der Waals surface area contributed by atoms with Crippen LogP contribution in [0.5, 0.6) is 0 Å². The van der Waals surface area contributed by atoms with Crippen molar-refractivity contribution in [3.8, 4) is 55.6 Å². The lowest BCUT2D eigenvalue weighted by molar-refractivity contribution is 0.660. The van der Waals surface area contributed by atoms with Crippen molar-refractivity contribution in [2.75, 3.05) is 10.2 Å². The van der Waals surface area contributed by atoms with E-state index in [0.29, 0.717) is 0 Å². The van der Waals surface area contributed by atoms with Gasteiger partial charge in [0.2, 0.25) is 0 Å². The molecule has 0 radical (unpaired) electrons. The van der Waals surface area contributed by atoms with Gasteiger partial charge in [-0.25, -0.2) is 0 Å². The molecule has 0 amide bonds. The molecule has 0 spiro atoms. The first-order valence-corrected chi connectivity index (χ1v) is 21.7. The molecule has 62 heavy (non-hydrogen) atoms. The average molecular weight is 797 g/mol. The van der Waals surface area contributed by atoms with Crippen LogP contribution in [0.3, 0.4) is 0 Å². The molecular formula is C60H48N2. The van der Waals surface area contributed by atoms with Crippen molar-refractivity contribution in [3.63, 3.8) is 0 Å². The second-order valence-electron chi connectivity index (χ2n) is 17.9. The molecule has 0 atom stereocenters. The third-order valence-electron chi connectivity index (χ3n) is 13.5. The van der Waals surface area contributed by atoms with Crippen LogP contribution < -0.4 is 10.2 Å². The summed E-state index contributed by atoms with van der Waals surface area (Å²) >= 11 is 0. The summed E-state index contributed by atoms with van der Waals surface area (Å²) in [5, 5.41) is 3.72. The highest BCUT2D eigenvalue weighted by atomic mass is 15.1. The lowest BCUT2D eigenvalue weighted by Gasteiger charge is -2.30. The van der Waals surface area contributed by atoms with Crippen LogP contribution in [0.25, 0.3) is 55.6 Å². The molecule has 0 saturated carbocycles. The SMILES string of the molecule is CC1(C)c2ccccc2-c2ccc(N(c3ccc(-c4ccccc4)cc3)c3ccc4c(c3)C(C)(C)c3cc(Nc5ccc(-c6ccc(-c7ccccc7)cc6)cc5)ccc3-4)cc21. The standard InChI is InChI=1S/C60H48N2/c1-59(2)55-18-12-11-17-51(55)53-35-32-49(38-57(53)59)62(48-30-25-45(26-31-48)41-15-9-6-10-16-41)50-33-36-54-52-34-29-47(37-56(52)60(3,4)58(54)39-50)61-46-27-23-44(24-28-46)43-21-19-42(20-22-43)40-13-7-5-8-14-40/h5-39,61H,1-4H3. The maximum absolute atomic E-state index is 3.72. The number of nitrogens with one attached hydrogen (secondary N) is 1. The summed E-state index contributed by atoms with van der Waals surface area (Å²) in [7, 11) is 0. The average Bonchev–Trinajstić information content (AvgIpc) is 3.68. The Labute approximate surface area is 365 Å². The van der Waals surface area contributed by atoms with Crippen molar-refractivity contribution in [3.05, 3.63) is 235 Å². The molecule has 11 rings (SSSR count). The van der Waals surface area contributed by atoms with E-state index in [2.05, 4.69) is 250 Å². The minimum atomic E-state index is -0.210. The Hall–Kier alpha value is -7.42. The van der Waals surface area contributed by atoms with Crippen LogP contribution in [0, 0.1) is 0 Å². The third-order valence-corrected chi connectivity index (χ3v) is 13.5. The Bertz CT molecular complexity index is 3100. The smallest absolute Gasteiger partial charge is 0.0465 e. The fourth-order valence-corrected chi connectivity index (χ4v) is 10.1. The van der Waals surface area contributed by atoms with Gasteiger partial charge in [0.25, 0.3) is 0 Å². The largest absolute Gasteiger partial charge is 0.356 e. The summed E-state index contributed by atoms with van der Waals surface area (Å²) < 4.78 is 0. The molecular weight excluding hydrogens is 749 g/mol. The highest BCUT2D eigenvalue weighted by Crippen LogP contribution is 2.53. The van der Waals surface area contributed by atoms with Crippen molar-refractivity contribution in [2.24, 2.45) is 0 Å². The molecule has 0 saturated heterocycles. The van der Waals surface area contributed by atoms with E-state index < -0.39 is 0 Å². The molecule has 9 aromatic rings. The van der Waals surface area contributed by atoms with Gasteiger partial charge in [0, 0.05) is 39.3 Å². The van der Waals surface area contributed by atoms with E-state index in [1.54, 1.807) is 0 Å². The van der Waals surface area contributed by atoms with E-state index in [9.17, 15) is 0 Å². The van der Waals surface area contributed by atoms with E-state index in [4.69, 9.17) is 0 Å². The molecule has 2 nitrogen and oxygen atoms in total. The Morgan fingerprint density at radius 1 is 0.290 bits per heavy atom. The summed E-state index contributed by atoms with van der Waals surface area (Å²) in [6.45, 7) is 9.47. The number of nitrogens with zero attached hydrogens (tertiary/aromatic N) is 1. The second kappa shape index (κ2) is 14.6. The number of rotatable bonds is 8. The van der Waals surface area contributed by atoms with E-state index in [-0.39, 0.29) is 10.8 Å². The second-order valence-corrected chi connectivity index (χ2v) is 17.9. The highest BCUT2D eigenvalue weighted by molar-refractivity contribution is 5.89. The Balaban J connectivity index is 0.908. The van der Waals surface area contributed by atoms with Crippen LogP contribution in [0.4, 0.5) is 28.4 Å². The van der Waals surface area contributed by atoms with Crippen LogP contribution in [0.15, 0.2) is 212 Å². The summed E-state index contributed by atoms with van der Waals surface area (Å²) in [6.07, 6.45) is 0. The van der Waals surface area contributed by atoms with Crippen molar-refractivity contribution in [1.82, 2.24) is 0 Å². The van der Waals surface area contributed by atoms with Gasteiger partial charge < -0.3 is 10.2 Å². The fourth-order valence-electron chi connectivity index (χ4n) is 10.1. The molecule has 2 aliphatic rings. The van der Waals surface area contributed by atoms with Crippen LogP contribution in [0.1, 0.15) is 49.9 Å². The topological polar surface area (TPSA) is 15.3 Å². The Morgan fingerprint density at radius 2 is 0.645 bits per heavy atom. The Morgan fingerprint density at radius 3 is 1.18 bits per heavy atom. The van der Waals surface area contributed by atoms with Crippen LogP contribution in [-0.4, -0.2) is 0 Å². The highest BCUT2D eigenvalue weighted by Gasteiger charge is 2.38. The molecule has 0 heterocycles. The van der Waals surface area contributed by atoms with E-state index in [1.807, 2.05) is 0 Å². The number of fused-ring (bicyclic) bond motifs is 6. The zero-order chi connectivity index (χ0) is 42.0. The minimum Gasteiger partial charge on any atom is -0.356 e. The molecule has 298 valence electrons. The van der Waals surface area contributed by atoms with Gasteiger partial charge in [-0.1, -0.05) is 179 Å². The summed E-state index contributed by atoms with van der Waals surface area (Å²) in [5.41, 5.74) is 23.3. The summed E-state index contributed by atoms with van der Waals surface area (Å²) in [4.78, 5) is 2.45. The van der Waals surface area contributed by atoms with Gasteiger partial charge in [0.15, 0.2) is 0 Å². The number of benzene rings is 9. The molecule has 2 aliphatic carbocycles. The van der Waals surface area contributed by atoms with Crippen molar-refractivity contribution in [1.29, 1.82) is 0 Å². The van der Waals surface area contributed by atoms with Crippen LogP contribution >= 0.6 is 0 Å².